The summed E-state index contributed by atoms with van der Waals surface area (Å²) in [5, 5.41) is 12.1. The lowest BCUT2D eigenvalue weighted by molar-refractivity contribution is -0.119. The molecule has 0 unspecified atom stereocenters. The second kappa shape index (κ2) is 8.14. The second-order valence-corrected chi connectivity index (χ2v) is 5.74. The third-order valence-corrected chi connectivity index (χ3v) is 3.94. The van der Waals surface area contributed by atoms with Crippen LogP contribution in [-0.2, 0) is 9.53 Å². The van der Waals surface area contributed by atoms with Gasteiger partial charge >= 0.3 is 5.97 Å². The van der Waals surface area contributed by atoms with Gasteiger partial charge in [-0.25, -0.2) is 4.79 Å². The van der Waals surface area contributed by atoms with Gasteiger partial charge in [0.15, 0.2) is 6.61 Å². The number of ether oxygens (including phenoxy) is 2. The Morgan fingerprint density at radius 3 is 2.61 bits per heavy atom. The lowest BCUT2D eigenvalue weighted by atomic mass is 10.1. The Morgan fingerprint density at radius 1 is 1.21 bits per heavy atom. The zero-order chi connectivity index (χ0) is 20.1. The molecule has 0 saturated carbocycles. The van der Waals surface area contributed by atoms with Gasteiger partial charge in [0.05, 0.1) is 12.8 Å². The van der Waals surface area contributed by atoms with E-state index in [1.807, 2.05) is 6.07 Å². The number of methoxy groups -OCH3 is 1. The van der Waals surface area contributed by atoms with Crippen molar-refractivity contribution in [2.75, 3.05) is 19.0 Å². The first-order valence-electron chi connectivity index (χ1n) is 8.32. The molecule has 2 heterocycles. The lowest BCUT2D eigenvalue weighted by Crippen LogP contribution is -2.21. The molecule has 8 nitrogen and oxygen atoms in total. The molecular weight excluding hydrogens is 362 g/mol. The first-order valence-corrected chi connectivity index (χ1v) is 8.32. The highest BCUT2D eigenvalue weighted by atomic mass is 16.5. The summed E-state index contributed by atoms with van der Waals surface area (Å²) < 4.78 is 17.4. The molecular formula is C20H17N3O5. The van der Waals surface area contributed by atoms with Crippen LogP contribution in [0.4, 0.5) is 5.69 Å². The number of amides is 1. The molecule has 0 saturated heterocycles. The number of carbonyl (C=O) groups excluding carboxylic acids is 2. The summed E-state index contributed by atoms with van der Waals surface area (Å²) in [7, 11) is 1.48. The average Bonchev–Trinajstić information content (AvgIpc) is 3.33. The number of nitriles is 1. The summed E-state index contributed by atoms with van der Waals surface area (Å²) >= 11 is 0. The van der Waals surface area contributed by atoms with Crippen LogP contribution in [0.15, 0.2) is 53.2 Å². The largest absolute Gasteiger partial charge is 0.495 e. The molecule has 0 aliphatic rings. The third kappa shape index (κ3) is 3.73. The molecule has 1 aromatic carbocycles. The molecule has 0 atom stereocenters. The number of rotatable bonds is 6. The minimum atomic E-state index is -0.814. The van der Waals surface area contributed by atoms with Crippen LogP contribution in [0.1, 0.15) is 21.7 Å². The van der Waals surface area contributed by atoms with Crippen LogP contribution in [-0.4, -0.2) is 30.2 Å². The molecule has 8 heteroatoms. The Bertz CT molecular complexity index is 1040. The van der Waals surface area contributed by atoms with Gasteiger partial charge < -0.3 is 19.2 Å². The molecule has 142 valence electrons. The molecule has 28 heavy (non-hydrogen) atoms. The van der Waals surface area contributed by atoms with Gasteiger partial charge in [-0.2, -0.15) is 5.26 Å². The van der Waals surface area contributed by atoms with Crippen molar-refractivity contribution in [3.63, 3.8) is 0 Å². The standard InChI is InChI=1S/C20H17N3O5/c1-13-18(14(11-21)19(28-13)23-9-5-6-10-23)20(25)27-12-17(24)22-15-7-3-4-8-16(15)26-2/h3-10H,12H2,1-2H3,(H,22,24). The highest BCUT2D eigenvalue weighted by Crippen LogP contribution is 2.26. The van der Waals surface area contributed by atoms with Crippen molar-refractivity contribution in [3.8, 4) is 17.7 Å². The Morgan fingerprint density at radius 2 is 1.93 bits per heavy atom. The Kier molecular flexibility index (Phi) is 5.46. The van der Waals surface area contributed by atoms with Crippen molar-refractivity contribution in [1.29, 1.82) is 5.26 Å². The number of nitrogens with zero attached hydrogens (tertiary/aromatic N) is 2. The number of carbonyl (C=O) groups is 2. The van der Waals surface area contributed by atoms with Crippen molar-refractivity contribution in [1.82, 2.24) is 4.57 Å². The first kappa shape index (κ1) is 18.8. The van der Waals surface area contributed by atoms with Gasteiger partial charge in [-0.15, -0.1) is 0 Å². The molecule has 0 fully saturated rings. The third-order valence-electron chi connectivity index (χ3n) is 3.94. The number of nitrogens with one attached hydrogen (secondary N) is 1. The molecule has 0 aliphatic heterocycles. The number of para-hydroxylation sites is 2. The molecule has 0 radical (unpaired) electrons. The van der Waals surface area contributed by atoms with Gasteiger partial charge in [-0.1, -0.05) is 12.1 Å². The van der Waals surface area contributed by atoms with E-state index in [4.69, 9.17) is 13.9 Å². The molecule has 0 bridgehead atoms. The molecule has 1 N–H and O–H groups in total. The summed E-state index contributed by atoms with van der Waals surface area (Å²) in [6.45, 7) is 1.03. The van der Waals surface area contributed by atoms with Gasteiger partial charge in [0, 0.05) is 12.4 Å². The fourth-order valence-corrected chi connectivity index (χ4v) is 2.67. The Hall–Kier alpha value is -3.99. The number of hydrogen-bond acceptors (Lipinski definition) is 6. The number of aryl methyl sites for hydroxylation is 1. The quantitative estimate of drug-likeness (QED) is 0.660. The van der Waals surface area contributed by atoms with E-state index in [1.54, 1.807) is 60.3 Å². The zero-order valence-electron chi connectivity index (χ0n) is 15.3. The number of esters is 1. The van der Waals surface area contributed by atoms with Gasteiger partial charge in [0.1, 0.15) is 28.7 Å². The minimum Gasteiger partial charge on any atom is -0.495 e. The predicted molar refractivity (Wildman–Crippen MR) is 99.4 cm³/mol. The van der Waals surface area contributed by atoms with Crippen LogP contribution in [0.2, 0.25) is 0 Å². The second-order valence-electron chi connectivity index (χ2n) is 5.74. The summed E-state index contributed by atoms with van der Waals surface area (Å²) in [6, 6.07) is 12.3. The van der Waals surface area contributed by atoms with Gasteiger partial charge in [0.25, 0.3) is 5.91 Å². The van der Waals surface area contributed by atoms with Crippen LogP contribution in [0, 0.1) is 18.3 Å². The van der Waals surface area contributed by atoms with E-state index in [0.717, 1.165) is 0 Å². The smallest absolute Gasteiger partial charge is 0.343 e. The monoisotopic (exact) mass is 379 g/mol. The molecule has 2 aromatic heterocycles. The van der Waals surface area contributed by atoms with E-state index in [0.29, 0.717) is 11.4 Å². The van der Waals surface area contributed by atoms with Crippen LogP contribution < -0.4 is 10.1 Å². The molecule has 1 amide bonds. The van der Waals surface area contributed by atoms with E-state index in [2.05, 4.69) is 5.32 Å². The highest BCUT2D eigenvalue weighted by molar-refractivity contribution is 5.98. The van der Waals surface area contributed by atoms with Gasteiger partial charge in [0.2, 0.25) is 5.88 Å². The SMILES string of the molecule is COc1ccccc1NC(=O)COC(=O)c1c(C)oc(-n2cccc2)c1C#N. The molecule has 0 spiro atoms. The number of benzene rings is 1. The Balaban J connectivity index is 1.72. The minimum absolute atomic E-state index is 0.00343. The summed E-state index contributed by atoms with van der Waals surface area (Å²) in [4.78, 5) is 24.6. The van der Waals surface area contributed by atoms with Gasteiger partial charge in [-0.05, 0) is 31.2 Å². The number of furan rings is 1. The van der Waals surface area contributed by atoms with Crippen LogP contribution in [0.3, 0.4) is 0 Å². The van der Waals surface area contributed by atoms with Crippen molar-refractivity contribution >= 4 is 17.6 Å². The average molecular weight is 379 g/mol. The van der Waals surface area contributed by atoms with Crippen molar-refractivity contribution in [3.05, 3.63) is 65.7 Å². The fourth-order valence-electron chi connectivity index (χ4n) is 2.67. The number of anilines is 1. The molecule has 3 aromatic rings. The van der Waals surface area contributed by atoms with Crippen LogP contribution in [0.25, 0.3) is 5.88 Å². The predicted octanol–water partition coefficient (Wildman–Crippen LogP) is 3.05. The number of aromatic nitrogens is 1. The summed E-state index contributed by atoms with van der Waals surface area (Å²) in [5.41, 5.74) is 0.498. The fraction of sp³-hybridized carbons (Fsp3) is 0.150. The topological polar surface area (TPSA) is 106 Å². The van der Waals surface area contributed by atoms with Crippen LogP contribution in [0.5, 0.6) is 5.75 Å². The normalized spacial score (nSPS) is 10.2. The maximum Gasteiger partial charge on any atom is 0.343 e. The summed E-state index contributed by atoms with van der Waals surface area (Å²) in [5.74, 6) is -0.420. The van der Waals surface area contributed by atoms with Crippen molar-refractivity contribution in [2.24, 2.45) is 0 Å². The van der Waals surface area contributed by atoms with E-state index in [1.165, 1.54) is 7.11 Å². The molecule has 0 aliphatic carbocycles. The highest BCUT2D eigenvalue weighted by Gasteiger charge is 2.26. The Labute approximate surface area is 160 Å². The zero-order valence-corrected chi connectivity index (χ0v) is 15.3. The number of hydrogen-bond donors (Lipinski definition) is 1. The van der Waals surface area contributed by atoms with Crippen molar-refractivity contribution in [2.45, 2.75) is 6.92 Å². The van der Waals surface area contributed by atoms with E-state index >= 15 is 0 Å². The lowest BCUT2D eigenvalue weighted by Gasteiger charge is -2.10. The maximum atomic E-state index is 12.5. The van der Waals surface area contributed by atoms with E-state index in [9.17, 15) is 14.9 Å². The first-order chi connectivity index (χ1) is 13.5. The van der Waals surface area contributed by atoms with Crippen LogP contribution >= 0.6 is 0 Å². The molecule has 3 rings (SSSR count). The summed E-state index contributed by atoms with van der Waals surface area (Å²) in [6.07, 6.45) is 3.38. The maximum absolute atomic E-state index is 12.5. The van der Waals surface area contributed by atoms with E-state index in [-0.39, 0.29) is 22.8 Å². The van der Waals surface area contributed by atoms with E-state index < -0.39 is 18.5 Å². The van der Waals surface area contributed by atoms with Crippen molar-refractivity contribution < 1.29 is 23.5 Å². The van der Waals surface area contributed by atoms with Gasteiger partial charge in [-0.3, -0.25) is 9.36 Å².